The van der Waals surface area contributed by atoms with Gasteiger partial charge in [-0.3, -0.25) is 0 Å². The minimum atomic E-state index is 0.669. The maximum atomic E-state index is 5.47. The number of unbranched alkanes of at least 4 members (excludes halogenated alkanes) is 9. The highest BCUT2D eigenvalue weighted by Crippen LogP contribution is 2.30. The molecule has 0 saturated heterocycles. The smallest absolute Gasteiger partial charge is 0.0411 e. The van der Waals surface area contributed by atoms with Crippen LogP contribution in [0.25, 0.3) is 0 Å². The van der Waals surface area contributed by atoms with E-state index in [-0.39, 0.29) is 0 Å². The first-order chi connectivity index (χ1) is 10.8. The molecule has 0 aromatic heterocycles. The lowest BCUT2D eigenvalue weighted by Crippen LogP contribution is -1.99. The van der Waals surface area contributed by atoms with Crippen molar-refractivity contribution in [2.24, 2.45) is 0 Å². The predicted molar refractivity (Wildman–Crippen MR) is 102 cm³/mol. The van der Waals surface area contributed by atoms with Crippen LogP contribution in [0, 0.1) is 0 Å². The summed E-state index contributed by atoms with van der Waals surface area (Å²) in [7, 11) is 0. The van der Waals surface area contributed by atoms with Crippen molar-refractivity contribution in [2.45, 2.75) is 102 Å². The van der Waals surface area contributed by atoms with E-state index in [1.165, 1.54) is 82.6 Å². The Hall–Kier alpha value is -0.560. The quantitative estimate of drug-likeness (QED) is 0.323. The van der Waals surface area contributed by atoms with Crippen LogP contribution >= 0.6 is 12.6 Å². The van der Waals surface area contributed by atoms with Gasteiger partial charge < -0.3 is 0 Å². The van der Waals surface area contributed by atoms with E-state index >= 15 is 0 Å². The average Bonchev–Trinajstić information content (AvgIpc) is 2.54. The van der Waals surface area contributed by atoms with Crippen molar-refractivity contribution >= 4 is 12.6 Å². The third kappa shape index (κ3) is 8.17. The fourth-order valence-corrected chi connectivity index (χ4v) is 3.59. The third-order valence-corrected chi connectivity index (χ3v) is 5.13. The highest BCUT2D eigenvalue weighted by Gasteiger charge is 2.11. The Morgan fingerprint density at radius 2 is 1.32 bits per heavy atom. The van der Waals surface area contributed by atoms with Crippen LogP contribution in [0.15, 0.2) is 29.2 Å². The molecule has 1 rings (SSSR count). The van der Waals surface area contributed by atoms with Crippen LogP contribution in [0.1, 0.15) is 102 Å². The first-order valence-electron chi connectivity index (χ1n) is 9.55. The Morgan fingerprint density at radius 3 is 1.86 bits per heavy atom. The zero-order chi connectivity index (χ0) is 16.0. The van der Waals surface area contributed by atoms with Crippen LogP contribution in [0.3, 0.4) is 0 Å². The molecule has 0 saturated carbocycles. The number of rotatable bonds is 13. The lowest BCUT2D eigenvalue weighted by Gasteiger charge is -2.16. The highest BCUT2D eigenvalue weighted by atomic mass is 32.1. The Morgan fingerprint density at radius 1 is 0.773 bits per heavy atom. The van der Waals surface area contributed by atoms with Gasteiger partial charge in [-0.25, -0.2) is 0 Å². The average molecular weight is 320 g/mol. The second-order valence-corrected chi connectivity index (χ2v) is 7.05. The van der Waals surface area contributed by atoms with Crippen molar-refractivity contribution in [1.82, 2.24) is 0 Å². The Kier molecular flexibility index (Phi) is 11.5. The summed E-state index contributed by atoms with van der Waals surface area (Å²) < 4.78 is 0. The molecule has 0 amide bonds. The SMILES string of the molecule is CCCCCCCCCCCCC(CC)c1ccccc1[S]. The van der Waals surface area contributed by atoms with Crippen LogP contribution in [0.2, 0.25) is 0 Å². The van der Waals surface area contributed by atoms with Gasteiger partial charge in [-0.1, -0.05) is 109 Å². The van der Waals surface area contributed by atoms with E-state index in [0.717, 1.165) is 4.90 Å². The molecule has 1 unspecified atom stereocenters. The van der Waals surface area contributed by atoms with E-state index in [0.29, 0.717) is 5.92 Å². The van der Waals surface area contributed by atoms with E-state index in [9.17, 15) is 0 Å². The summed E-state index contributed by atoms with van der Waals surface area (Å²) in [5.74, 6) is 0.669. The van der Waals surface area contributed by atoms with Crippen molar-refractivity contribution in [3.05, 3.63) is 29.8 Å². The summed E-state index contributed by atoms with van der Waals surface area (Å²) in [5, 5.41) is 0. The van der Waals surface area contributed by atoms with Gasteiger partial charge in [-0.05, 0) is 30.4 Å². The molecule has 0 spiro atoms. The Bertz CT molecular complexity index is 372. The lowest BCUT2D eigenvalue weighted by atomic mass is 9.90. The van der Waals surface area contributed by atoms with Crippen molar-refractivity contribution in [1.29, 1.82) is 0 Å². The molecule has 1 aromatic carbocycles. The maximum absolute atomic E-state index is 5.47. The first-order valence-corrected chi connectivity index (χ1v) is 9.96. The zero-order valence-corrected chi connectivity index (χ0v) is 15.6. The summed E-state index contributed by atoms with van der Waals surface area (Å²) >= 11 is 5.47. The lowest BCUT2D eigenvalue weighted by molar-refractivity contribution is 0.515. The van der Waals surface area contributed by atoms with Crippen LogP contribution in [-0.2, 0) is 0 Å². The van der Waals surface area contributed by atoms with Crippen molar-refractivity contribution < 1.29 is 0 Å². The molecular weight excluding hydrogens is 284 g/mol. The fourth-order valence-electron chi connectivity index (χ4n) is 3.28. The van der Waals surface area contributed by atoms with Gasteiger partial charge in [-0.15, -0.1) is 0 Å². The predicted octanol–water partition coefficient (Wildman–Crippen LogP) is 8.05. The number of benzene rings is 1. The summed E-state index contributed by atoms with van der Waals surface area (Å²) in [6.07, 6.45) is 16.7. The first kappa shape index (κ1) is 19.5. The van der Waals surface area contributed by atoms with Crippen molar-refractivity contribution in [3.8, 4) is 0 Å². The molecule has 0 aliphatic carbocycles. The molecule has 1 radical (unpaired) electrons. The molecule has 1 atom stereocenters. The second-order valence-electron chi connectivity index (χ2n) is 6.61. The van der Waals surface area contributed by atoms with Crippen LogP contribution in [-0.4, -0.2) is 0 Å². The Labute approximate surface area is 144 Å². The third-order valence-electron chi connectivity index (χ3n) is 4.76. The normalized spacial score (nSPS) is 12.5. The molecule has 0 aliphatic heterocycles. The largest absolute Gasteiger partial charge is 0.0798 e. The second kappa shape index (κ2) is 12.9. The van der Waals surface area contributed by atoms with E-state index < -0.39 is 0 Å². The summed E-state index contributed by atoms with van der Waals surface area (Å²) in [6, 6.07) is 8.49. The minimum absolute atomic E-state index is 0.669. The molecule has 1 aromatic rings. The van der Waals surface area contributed by atoms with Gasteiger partial charge in [0.05, 0.1) is 0 Å². The summed E-state index contributed by atoms with van der Waals surface area (Å²) in [4.78, 5) is 1.06. The molecular formula is C21H35S. The minimum Gasteiger partial charge on any atom is -0.0798 e. The van der Waals surface area contributed by atoms with Crippen LogP contribution < -0.4 is 0 Å². The van der Waals surface area contributed by atoms with E-state index in [1.54, 1.807) is 0 Å². The molecule has 0 N–H and O–H groups in total. The van der Waals surface area contributed by atoms with E-state index in [1.807, 2.05) is 0 Å². The van der Waals surface area contributed by atoms with Gasteiger partial charge in [0, 0.05) is 4.90 Å². The molecule has 0 aliphatic rings. The van der Waals surface area contributed by atoms with Crippen molar-refractivity contribution in [3.63, 3.8) is 0 Å². The zero-order valence-electron chi connectivity index (χ0n) is 14.8. The molecule has 125 valence electrons. The summed E-state index contributed by atoms with van der Waals surface area (Å²) in [6.45, 7) is 4.58. The maximum Gasteiger partial charge on any atom is 0.0411 e. The highest BCUT2D eigenvalue weighted by molar-refractivity contribution is 7.80. The Balaban J connectivity index is 2.07. The van der Waals surface area contributed by atoms with E-state index in [4.69, 9.17) is 12.6 Å². The van der Waals surface area contributed by atoms with Crippen LogP contribution in [0.5, 0.6) is 0 Å². The van der Waals surface area contributed by atoms with Crippen molar-refractivity contribution in [2.75, 3.05) is 0 Å². The van der Waals surface area contributed by atoms with Gasteiger partial charge in [0.25, 0.3) is 0 Å². The van der Waals surface area contributed by atoms with E-state index in [2.05, 4.69) is 38.1 Å². The van der Waals surface area contributed by atoms with Gasteiger partial charge >= 0.3 is 0 Å². The van der Waals surface area contributed by atoms with Gasteiger partial charge in [0.1, 0.15) is 0 Å². The van der Waals surface area contributed by atoms with Gasteiger partial charge in [0.15, 0.2) is 0 Å². The van der Waals surface area contributed by atoms with Gasteiger partial charge in [0.2, 0.25) is 0 Å². The van der Waals surface area contributed by atoms with Crippen LogP contribution in [0.4, 0.5) is 0 Å². The molecule has 0 heterocycles. The molecule has 0 fully saturated rings. The monoisotopic (exact) mass is 319 g/mol. The molecule has 1 heteroatoms. The summed E-state index contributed by atoms with van der Waals surface area (Å²) in [5.41, 5.74) is 1.40. The fraction of sp³-hybridized carbons (Fsp3) is 0.714. The number of hydrogen-bond donors (Lipinski definition) is 0. The molecule has 22 heavy (non-hydrogen) atoms. The number of hydrogen-bond acceptors (Lipinski definition) is 0. The molecule has 0 nitrogen and oxygen atoms in total. The standard InChI is InChI=1S/C21H35S/c1-3-5-6-7-8-9-10-11-12-13-16-19(4-2)20-17-14-15-18-21(20)22/h14-15,17-19H,3-13,16H2,1-2H3. The van der Waals surface area contributed by atoms with Gasteiger partial charge in [-0.2, -0.15) is 0 Å². The molecule has 0 bridgehead atoms. The topological polar surface area (TPSA) is 0 Å².